The third kappa shape index (κ3) is 6.53. The van der Waals surface area contributed by atoms with Gasteiger partial charge in [-0.3, -0.25) is 9.69 Å². The number of amides is 2. The van der Waals surface area contributed by atoms with Crippen LogP contribution in [0, 0.1) is 0 Å². The number of aliphatic carboxylic acids is 1. The normalized spacial score (nSPS) is 17.6. The zero-order valence-corrected chi connectivity index (χ0v) is 15.0. The van der Waals surface area contributed by atoms with Crippen LogP contribution in [0.3, 0.4) is 0 Å². The van der Waals surface area contributed by atoms with Crippen molar-refractivity contribution in [1.29, 1.82) is 0 Å². The Bertz CT molecular complexity index is 599. The van der Waals surface area contributed by atoms with Gasteiger partial charge in [-0.1, -0.05) is 29.8 Å². The van der Waals surface area contributed by atoms with E-state index in [0.29, 0.717) is 44.2 Å². The standard InChI is InChI=1S/C17H24ClN3O4/c1-20(12-16(22)23)10-14-11-21(8-9-25-14)17(24)19-7-6-13-4-2-3-5-15(13)18/h2-5,14H,6-12H2,1H3,(H,19,24)(H,22,23). The van der Waals surface area contributed by atoms with Gasteiger partial charge in [-0.15, -0.1) is 0 Å². The van der Waals surface area contributed by atoms with Crippen molar-refractivity contribution in [3.63, 3.8) is 0 Å². The second kappa shape index (κ2) is 9.60. The minimum Gasteiger partial charge on any atom is -0.480 e. The lowest BCUT2D eigenvalue weighted by atomic mass is 10.1. The lowest BCUT2D eigenvalue weighted by molar-refractivity contribution is -0.138. The van der Waals surface area contributed by atoms with Gasteiger partial charge < -0.3 is 20.1 Å². The summed E-state index contributed by atoms with van der Waals surface area (Å²) in [6.07, 6.45) is 0.480. The van der Waals surface area contributed by atoms with Crippen LogP contribution in [-0.2, 0) is 16.0 Å². The van der Waals surface area contributed by atoms with Gasteiger partial charge in [0.25, 0.3) is 0 Å². The quantitative estimate of drug-likeness (QED) is 0.757. The number of benzene rings is 1. The topological polar surface area (TPSA) is 82.1 Å². The average Bonchev–Trinajstić information content (AvgIpc) is 2.56. The fraction of sp³-hybridized carbons (Fsp3) is 0.529. The van der Waals surface area contributed by atoms with E-state index in [4.69, 9.17) is 21.4 Å². The fourth-order valence-corrected chi connectivity index (χ4v) is 3.00. The molecule has 0 saturated carbocycles. The van der Waals surface area contributed by atoms with Gasteiger partial charge in [0, 0.05) is 31.2 Å². The van der Waals surface area contributed by atoms with E-state index in [0.717, 1.165) is 5.56 Å². The molecule has 25 heavy (non-hydrogen) atoms. The number of urea groups is 1. The summed E-state index contributed by atoms with van der Waals surface area (Å²) in [5.74, 6) is -0.882. The molecule has 2 rings (SSSR count). The number of morpholine rings is 1. The summed E-state index contributed by atoms with van der Waals surface area (Å²) < 4.78 is 5.63. The van der Waals surface area contributed by atoms with Gasteiger partial charge in [-0.2, -0.15) is 0 Å². The number of ether oxygens (including phenoxy) is 1. The zero-order chi connectivity index (χ0) is 18.2. The van der Waals surface area contributed by atoms with Crippen LogP contribution in [0.4, 0.5) is 4.79 Å². The summed E-state index contributed by atoms with van der Waals surface area (Å²) in [4.78, 5) is 26.4. The molecule has 1 unspecified atom stereocenters. The van der Waals surface area contributed by atoms with E-state index in [1.807, 2.05) is 24.3 Å². The van der Waals surface area contributed by atoms with Crippen molar-refractivity contribution in [2.45, 2.75) is 12.5 Å². The Labute approximate surface area is 152 Å². The SMILES string of the molecule is CN(CC(=O)O)CC1CN(C(=O)NCCc2ccccc2Cl)CCO1. The van der Waals surface area contributed by atoms with Gasteiger partial charge in [-0.25, -0.2) is 4.79 Å². The molecule has 0 radical (unpaired) electrons. The van der Waals surface area contributed by atoms with Gasteiger partial charge in [-0.05, 0) is 25.1 Å². The highest BCUT2D eigenvalue weighted by atomic mass is 35.5. The molecule has 1 aliphatic rings. The number of carboxylic acids is 1. The van der Waals surface area contributed by atoms with E-state index in [-0.39, 0.29) is 18.7 Å². The highest BCUT2D eigenvalue weighted by molar-refractivity contribution is 6.31. The van der Waals surface area contributed by atoms with Crippen LogP contribution >= 0.6 is 11.6 Å². The lowest BCUT2D eigenvalue weighted by Crippen LogP contribution is -2.52. The van der Waals surface area contributed by atoms with Gasteiger partial charge in [0.15, 0.2) is 0 Å². The van der Waals surface area contributed by atoms with Gasteiger partial charge in [0.2, 0.25) is 0 Å². The van der Waals surface area contributed by atoms with Crippen molar-refractivity contribution >= 4 is 23.6 Å². The number of carboxylic acid groups (broad SMARTS) is 1. The Kier molecular flexibility index (Phi) is 7.49. The van der Waals surface area contributed by atoms with Crippen molar-refractivity contribution in [2.24, 2.45) is 0 Å². The van der Waals surface area contributed by atoms with E-state index < -0.39 is 5.97 Å². The van der Waals surface area contributed by atoms with Crippen LogP contribution in [0.15, 0.2) is 24.3 Å². The Balaban J connectivity index is 1.75. The van der Waals surface area contributed by atoms with E-state index in [1.54, 1.807) is 16.8 Å². The van der Waals surface area contributed by atoms with Crippen LogP contribution in [0.25, 0.3) is 0 Å². The van der Waals surface area contributed by atoms with Crippen LogP contribution in [0.5, 0.6) is 0 Å². The maximum absolute atomic E-state index is 12.3. The summed E-state index contributed by atoms with van der Waals surface area (Å²) in [5, 5.41) is 12.4. The number of nitrogens with one attached hydrogen (secondary N) is 1. The third-order valence-corrected chi connectivity index (χ3v) is 4.34. The first-order valence-electron chi connectivity index (χ1n) is 8.24. The van der Waals surface area contributed by atoms with Crippen LogP contribution < -0.4 is 5.32 Å². The molecule has 0 aromatic heterocycles. The molecule has 1 atom stereocenters. The molecule has 2 amide bonds. The molecule has 1 saturated heterocycles. The molecular weight excluding hydrogens is 346 g/mol. The summed E-state index contributed by atoms with van der Waals surface area (Å²) in [7, 11) is 1.72. The summed E-state index contributed by atoms with van der Waals surface area (Å²) in [6.45, 7) is 2.34. The molecule has 1 aromatic carbocycles. The number of rotatable bonds is 7. The van der Waals surface area contributed by atoms with E-state index >= 15 is 0 Å². The van der Waals surface area contributed by atoms with Crippen LogP contribution in [0.1, 0.15) is 5.56 Å². The summed E-state index contributed by atoms with van der Waals surface area (Å²) in [5.41, 5.74) is 1.000. The van der Waals surface area contributed by atoms with Crippen molar-refractivity contribution in [2.75, 3.05) is 46.4 Å². The molecule has 0 spiro atoms. The minimum atomic E-state index is -0.882. The van der Waals surface area contributed by atoms with Gasteiger partial charge in [0.05, 0.1) is 19.3 Å². The Morgan fingerprint density at radius 1 is 1.44 bits per heavy atom. The summed E-state index contributed by atoms with van der Waals surface area (Å²) in [6, 6.07) is 7.43. The monoisotopic (exact) mass is 369 g/mol. The van der Waals surface area contributed by atoms with Crippen molar-refractivity contribution in [1.82, 2.24) is 15.1 Å². The second-order valence-electron chi connectivity index (χ2n) is 6.10. The van der Waals surface area contributed by atoms with Crippen LogP contribution in [0.2, 0.25) is 5.02 Å². The largest absolute Gasteiger partial charge is 0.480 e. The molecule has 0 bridgehead atoms. The molecule has 1 aromatic rings. The highest BCUT2D eigenvalue weighted by Crippen LogP contribution is 2.15. The molecule has 1 heterocycles. The van der Waals surface area contributed by atoms with Gasteiger partial charge >= 0.3 is 12.0 Å². The number of hydrogen-bond donors (Lipinski definition) is 2. The van der Waals surface area contributed by atoms with Gasteiger partial charge in [0.1, 0.15) is 0 Å². The number of carbonyl (C=O) groups is 2. The maximum atomic E-state index is 12.3. The first kappa shape index (κ1) is 19.5. The molecule has 1 fully saturated rings. The number of hydrogen-bond acceptors (Lipinski definition) is 4. The van der Waals surface area contributed by atoms with E-state index in [1.165, 1.54) is 0 Å². The van der Waals surface area contributed by atoms with Crippen molar-refractivity contribution < 1.29 is 19.4 Å². The maximum Gasteiger partial charge on any atom is 0.317 e. The summed E-state index contributed by atoms with van der Waals surface area (Å²) >= 11 is 6.11. The first-order valence-corrected chi connectivity index (χ1v) is 8.61. The minimum absolute atomic E-state index is 0.0517. The Morgan fingerprint density at radius 3 is 2.92 bits per heavy atom. The fourth-order valence-electron chi connectivity index (χ4n) is 2.77. The molecule has 1 aliphatic heterocycles. The molecule has 2 N–H and O–H groups in total. The number of nitrogens with zero attached hydrogens (tertiary/aromatic N) is 2. The van der Waals surface area contributed by atoms with Crippen molar-refractivity contribution in [3.05, 3.63) is 34.9 Å². The Hall–Kier alpha value is -1.83. The third-order valence-electron chi connectivity index (χ3n) is 3.97. The predicted octanol–water partition coefficient (Wildman–Crippen LogP) is 1.31. The molecule has 8 heteroatoms. The lowest BCUT2D eigenvalue weighted by Gasteiger charge is -2.34. The highest BCUT2D eigenvalue weighted by Gasteiger charge is 2.25. The van der Waals surface area contributed by atoms with Crippen molar-refractivity contribution in [3.8, 4) is 0 Å². The smallest absolute Gasteiger partial charge is 0.317 e. The van der Waals surface area contributed by atoms with E-state index in [2.05, 4.69) is 5.32 Å². The molecule has 138 valence electrons. The molecular formula is C17H24ClN3O4. The number of carbonyl (C=O) groups excluding carboxylic acids is 1. The zero-order valence-electron chi connectivity index (χ0n) is 14.3. The number of likely N-dealkylation sites (N-methyl/N-ethyl adjacent to an activating group) is 1. The number of halogens is 1. The van der Waals surface area contributed by atoms with Crippen LogP contribution in [-0.4, -0.2) is 79.4 Å². The predicted molar refractivity (Wildman–Crippen MR) is 95.0 cm³/mol. The average molecular weight is 370 g/mol. The molecule has 7 nitrogen and oxygen atoms in total. The second-order valence-corrected chi connectivity index (χ2v) is 6.51. The Morgan fingerprint density at radius 2 is 2.20 bits per heavy atom. The first-order chi connectivity index (χ1) is 12.0. The molecule has 0 aliphatic carbocycles. The van der Waals surface area contributed by atoms with E-state index in [9.17, 15) is 9.59 Å².